The summed E-state index contributed by atoms with van der Waals surface area (Å²) in [4.78, 5) is 9.11. The third kappa shape index (κ3) is 3.02. The molecule has 1 aromatic carbocycles. The molecule has 3 aromatic rings. The summed E-state index contributed by atoms with van der Waals surface area (Å²) in [6.07, 6.45) is 3.69. The highest BCUT2D eigenvalue weighted by Gasteiger charge is 2.16. The molecule has 130 valence electrons. The molecule has 25 heavy (non-hydrogen) atoms. The Morgan fingerprint density at radius 3 is 2.68 bits per heavy atom. The fourth-order valence-electron chi connectivity index (χ4n) is 3.11. The highest BCUT2D eigenvalue weighted by molar-refractivity contribution is 5.78. The van der Waals surface area contributed by atoms with Crippen LogP contribution in [0.4, 0.5) is 15.8 Å². The van der Waals surface area contributed by atoms with E-state index in [2.05, 4.69) is 38.3 Å². The SMILES string of the molecule is CNc1ccc(F)c(-n2cc3cc(N4CCN(C)CC4)cnc3n2)c1. The molecule has 1 N–H and O–H groups in total. The highest BCUT2D eigenvalue weighted by atomic mass is 19.1. The van der Waals surface area contributed by atoms with Gasteiger partial charge in [-0.05, 0) is 31.3 Å². The van der Waals surface area contributed by atoms with Gasteiger partial charge < -0.3 is 15.1 Å². The van der Waals surface area contributed by atoms with Crippen molar-refractivity contribution in [2.24, 2.45) is 0 Å². The number of fused-ring (bicyclic) bond motifs is 1. The van der Waals surface area contributed by atoms with E-state index in [1.54, 1.807) is 23.9 Å². The molecule has 1 aliphatic rings. The number of likely N-dealkylation sites (N-methyl/N-ethyl adjacent to an activating group) is 1. The second-order valence-corrected chi connectivity index (χ2v) is 6.39. The van der Waals surface area contributed by atoms with E-state index in [0.29, 0.717) is 11.3 Å². The van der Waals surface area contributed by atoms with Gasteiger partial charge in [-0.2, -0.15) is 0 Å². The number of rotatable bonds is 3. The molecule has 1 saturated heterocycles. The van der Waals surface area contributed by atoms with Crippen LogP contribution in [-0.2, 0) is 0 Å². The first-order chi connectivity index (χ1) is 12.1. The van der Waals surface area contributed by atoms with Crippen molar-refractivity contribution >= 4 is 22.4 Å². The molecule has 3 heterocycles. The molecule has 1 aliphatic heterocycles. The number of hydrogen-bond acceptors (Lipinski definition) is 5. The summed E-state index contributed by atoms with van der Waals surface area (Å²) in [5.41, 5.74) is 2.95. The van der Waals surface area contributed by atoms with E-state index < -0.39 is 0 Å². The Balaban J connectivity index is 1.69. The zero-order valence-electron chi connectivity index (χ0n) is 14.4. The van der Waals surface area contributed by atoms with Crippen molar-refractivity contribution in [2.45, 2.75) is 0 Å². The van der Waals surface area contributed by atoms with Gasteiger partial charge in [0.2, 0.25) is 0 Å². The van der Waals surface area contributed by atoms with Crippen molar-refractivity contribution in [2.75, 3.05) is 50.5 Å². The summed E-state index contributed by atoms with van der Waals surface area (Å²) < 4.78 is 15.8. The zero-order valence-corrected chi connectivity index (χ0v) is 14.4. The molecule has 0 amide bonds. The minimum atomic E-state index is -0.314. The van der Waals surface area contributed by atoms with Crippen LogP contribution in [0.1, 0.15) is 0 Å². The van der Waals surface area contributed by atoms with Crippen LogP contribution in [0.2, 0.25) is 0 Å². The first-order valence-corrected chi connectivity index (χ1v) is 8.40. The zero-order chi connectivity index (χ0) is 17.4. The molecule has 0 spiro atoms. The number of halogens is 1. The van der Waals surface area contributed by atoms with Crippen molar-refractivity contribution in [1.29, 1.82) is 0 Å². The number of anilines is 2. The number of benzene rings is 1. The van der Waals surface area contributed by atoms with Crippen molar-refractivity contribution in [3.05, 3.63) is 42.5 Å². The first-order valence-electron chi connectivity index (χ1n) is 8.40. The van der Waals surface area contributed by atoms with Crippen LogP contribution in [0.3, 0.4) is 0 Å². The van der Waals surface area contributed by atoms with E-state index in [-0.39, 0.29) is 5.82 Å². The average Bonchev–Trinajstić information content (AvgIpc) is 3.05. The molecular formula is C18H21FN6. The molecule has 6 nitrogen and oxygen atoms in total. The number of hydrogen-bond donors (Lipinski definition) is 1. The molecule has 0 radical (unpaired) electrons. The molecule has 7 heteroatoms. The Hall–Kier alpha value is -2.67. The fraction of sp³-hybridized carbons (Fsp3) is 0.333. The lowest BCUT2D eigenvalue weighted by Crippen LogP contribution is -2.44. The van der Waals surface area contributed by atoms with Gasteiger partial charge in [0, 0.05) is 50.5 Å². The number of nitrogens with one attached hydrogen (secondary N) is 1. The van der Waals surface area contributed by atoms with Crippen LogP contribution >= 0.6 is 0 Å². The summed E-state index contributed by atoms with van der Waals surface area (Å²) in [6.45, 7) is 4.05. The molecule has 0 unspecified atom stereocenters. The summed E-state index contributed by atoms with van der Waals surface area (Å²) >= 11 is 0. The quantitative estimate of drug-likeness (QED) is 0.793. The van der Waals surface area contributed by atoms with Crippen LogP contribution in [0.5, 0.6) is 0 Å². The smallest absolute Gasteiger partial charge is 0.181 e. The normalized spacial score (nSPS) is 15.7. The maximum absolute atomic E-state index is 14.2. The molecule has 2 aromatic heterocycles. The lowest BCUT2D eigenvalue weighted by molar-refractivity contribution is 0.313. The minimum absolute atomic E-state index is 0.314. The van der Waals surface area contributed by atoms with Gasteiger partial charge in [-0.3, -0.25) is 0 Å². The topological polar surface area (TPSA) is 49.2 Å². The predicted octanol–water partition coefficient (Wildman–Crippen LogP) is 2.35. The Labute approximate surface area is 145 Å². The van der Waals surface area contributed by atoms with Crippen LogP contribution in [0, 0.1) is 5.82 Å². The Bertz CT molecular complexity index is 898. The summed E-state index contributed by atoms with van der Waals surface area (Å²) in [6, 6.07) is 6.96. The maximum Gasteiger partial charge on any atom is 0.181 e. The summed E-state index contributed by atoms with van der Waals surface area (Å²) in [7, 11) is 3.94. The molecule has 0 aliphatic carbocycles. The van der Waals surface area contributed by atoms with E-state index in [9.17, 15) is 4.39 Å². The molecule has 0 saturated carbocycles. The van der Waals surface area contributed by atoms with E-state index in [1.165, 1.54) is 6.07 Å². The van der Waals surface area contributed by atoms with Gasteiger partial charge in [-0.1, -0.05) is 0 Å². The number of piperazine rings is 1. The standard InChI is InChI=1S/C18H21FN6/c1-20-14-3-4-16(19)17(10-14)25-12-13-9-15(11-21-18(13)22-25)24-7-5-23(2)6-8-24/h3-4,9-12,20H,5-8H2,1-2H3. The molecule has 4 rings (SSSR count). The lowest BCUT2D eigenvalue weighted by Gasteiger charge is -2.33. The number of pyridine rings is 1. The van der Waals surface area contributed by atoms with E-state index >= 15 is 0 Å². The van der Waals surface area contributed by atoms with Gasteiger partial charge in [0.1, 0.15) is 11.5 Å². The van der Waals surface area contributed by atoms with Crippen LogP contribution in [0.25, 0.3) is 16.7 Å². The fourth-order valence-corrected chi connectivity index (χ4v) is 3.11. The monoisotopic (exact) mass is 340 g/mol. The number of aromatic nitrogens is 3. The molecule has 0 bridgehead atoms. The minimum Gasteiger partial charge on any atom is -0.388 e. The van der Waals surface area contributed by atoms with Crippen molar-refractivity contribution in [3.63, 3.8) is 0 Å². The number of nitrogens with zero attached hydrogens (tertiary/aromatic N) is 5. The van der Waals surface area contributed by atoms with Gasteiger partial charge in [-0.25, -0.2) is 14.1 Å². The van der Waals surface area contributed by atoms with E-state index in [1.807, 2.05) is 12.4 Å². The van der Waals surface area contributed by atoms with Gasteiger partial charge in [0.05, 0.1) is 11.9 Å². The second kappa shape index (κ2) is 6.33. The van der Waals surface area contributed by atoms with Gasteiger partial charge in [0.15, 0.2) is 5.65 Å². The van der Waals surface area contributed by atoms with Crippen molar-refractivity contribution < 1.29 is 4.39 Å². The van der Waals surface area contributed by atoms with E-state index in [4.69, 9.17) is 0 Å². The average molecular weight is 340 g/mol. The van der Waals surface area contributed by atoms with Crippen molar-refractivity contribution in [3.8, 4) is 5.69 Å². The third-order valence-corrected chi connectivity index (χ3v) is 4.69. The second-order valence-electron chi connectivity index (χ2n) is 6.39. The van der Waals surface area contributed by atoms with Gasteiger partial charge in [-0.15, -0.1) is 5.10 Å². The predicted molar refractivity (Wildman–Crippen MR) is 98.1 cm³/mol. The summed E-state index contributed by atoms with van der Waals surface area (Å²) in [5.74, 6) is -0.314. The Morgan fingerprint density at radius 1 is 1.12 bits per heavy atom. The highest BCUT2D eigenvalue weighted by Crippen LogP contribution is 2.23. The molecular weight excluding hydrogens is 319 g/mol. The van der Waals surface area contributed by atoms with Crippen LogP contribution in [0.15, 0.2) is 36.7 Å². The van der Waals surface area contributed by atoms with Gasteiger partial charge >= 0.3 is 0 Å². The molecule has 1 fully saturated rings. The van der Waals surface area contributed by atoms with E-state index in [0.717, 1.165) is 42.9 Å². The van der Waals surface area contributed by atoms with Crippen LogP contribution < -0.4 is 10.2 Å². The maximum atomic E-state index is 14.2. The third-order valence-electron chi connectivity index (χ3n) is 4.69. The Morgan fingerprint density at radius 2 is 1.92 bits per heavy atom. The largest absolute Gasteiger partial charge is 0.388 e. The summed E-state index contributed by atoms with van der Waals surface area (Å²) in [5, 5.41) is 8.36. The first kappa shape index (κ1) is 15.8. The Kier molecular flexibility index (Phi) is 4.01. The molecule has 0 atom stereocenters. The lowest BCUT2D eigenvalue weighted by atomic mass is 10.2. The van der Waals surface area contributed by atoms with Crippen molar-refractivity contribution in [1.82, 2.24) is 19.7 Å². The van der Waals surface area contributed by atoms with Gasteiger partial charge in [0.25, 0.3) is 0 Å². The van der Waals surface area contributed by atoms with Crippen LogP contribution in [-0.4, -0.2) is 59.9 Å².